The van der Waals surface area contributed by atoms with Gasteiger partial charge in [0, 0.05) is 12.7 Å². The van der Waals surface area contributed by atoms with E-state index in [1.165, 1.54) is 11.1 Å². The fourth-order valence-electron chi connectivity index (χ4n) is 1.15. The fraction of sp³-hybridized carbons (Fsp3) is 0.444. The third-order valence-corrected chi connectivity index (χ3v) is 1.77. The molecular formula is C9H12N4O. The quantitative estimate of drug-likeness (QED) is 0.716. The van der Waals surface area contributed by atoms with Gasteiger partial charge in [-0.25, -0.2) is 0 Å². The molecule has 14 heavy (non-hydrogen) atoms. The molecule has 1 aromatic rings. The third-order valence-electron chi connectivity index (χ3n) is 1.77. The molecule has 0 radical (unpaired) electrons. The van der Waals surface area contributed by atoms with Crippen LogP contribution in [-0.2, 0) is 0 Å². The zero-order valence-corrected chi connectivity index (χ0v) is 8.03. The monoisotopic (exact) mass is 192 g/mol. The Morgan fingerprint density at radius 1 is 1.79 bits per heavy atom. The maximum Gasteiger partial charge on any atom is 0.272 e. The summed E-state index contributed by atoms with van der Waals surface area (Å²) in [5, 5.41) is 14.8. The summed E-state index contributed by atoms with van der Waals surface area (Å²) in [6, 6.07) is 3.57. The van der Waals surface area contributed by atoms with E-state index in [1.807, 2.05) is 13.0 Å². The molecule has 0 aliphatic heterocycles. The average Bonchev–Trinajstić information content (AvgIpc) is 2.69. The van der Waals surface area contributed by atoms with Gasteiger partial charge in [0.1, 0.15) is 12.2 Å². The van der Waals surface area contributed by atoms with Gasteiger partial charge in [0.15, 0.2) is 0 Å². The number of rotatable bonds is 4. The van der Waals surface area contributed by atoms with Crippen molar-refractivity contribution in [3.05, 3.63) is 18.0 Å². The number of hydrogen-bond acceptors (Lipinski definition) is 3. The van der Waals surface area contributed by atoms with Gasteiger partial charge in [0.2, 0.25) is 0 Å². The highest BCUT2D eigenvalue weighted by Gasteiger charge is 2.15. The second-order valence-electron chi connectivity index (χ2n) is 2.86. The van der Waals surface area contributed by atoms with Crippen LogP contribution in [0.1, 0.15) is 23.8 Å². The average molecular weight is 192 g/mol. The molecule has 0 aromatic carbocycles. The van der Waals surface area contributed by atoms with Crippen molar-refractivity contribution >= 4 is 5.91 Å². The van der Waals surface area contributed by atoms with Crippen LogP contribution in [0.2, 0.25) is 0 Å². The topological polar surface area (TPSA) is 72.8 Å². The molecule has 0 spiro atoms. The zero-order chi connectivity index (χ0) is 10.4. The second-order valence-corrected chi connectivity index (χ2v) is 2.86. The molecule has 0 aliphatic carbocycles. The Hall–Kier alpha value is -1.83. The summed E-state index contributed by atoms with van der Waals surface area (Å²) in [7, 11) is 0. The predicted molar refractivity (Wildman–Crippen MR) is 50.4 cm³/mol. The number of carbonyl (C=O) groups excluding carboxylic acids is 1. The first-order valence-corrected chi connectivity index (χ1v) is 4.45. The van der Waals surface area contributed by atoms with Gasteiger partial charge in [-0.15, -0.1) is 0 Å². The Morgan fingerprint density at radius 2 is 2.57 bits per heavy atom. The van der Waals surface area contributed by atoms with Gasteiger partial charge in [-0.3, -0.25) is 9.89 Å². The van der Waals surface area contributed by atoms with Gasteiger partial charge < -0.3 is 4.90 Å². The Bertz CT molecular complexity index is 325. The molecule has 0 atom stereocenters. The molecular weight excluding hydrogens is 180 g/mol. The van der Waals surface area contributed by atoms with E-state index < -0.39 is 0 Å². The van der Waals surface area contributed by atoms with E-state index >= 15 is 0 Å². The molecule has 0 unspecified atom stereocenters. The number of hydrogen-bond donors (Lipinski definition) is 1. The van der Waals surface area contributed by atoms with Gasteiger partial charge in [-0.2, -0.15) is 10.4 Å². The molecule has 1 heterocycles. The van der Waals surface area contributed by atoms with E-state index in [2.05, 4.69) is 10.2 Å². The van der Waals surface area contributed by atoms with Crippen LogP contribution in [0.5, 0.6) is 0 Å². The van der Waals surface area contributed by atoms with Crippen LogP contribution < -0.4 is 0 Å². The van der Waals surface area contributed by atoms with Gasteiger partial charge >= 0.3 is 0 Å². The van der Waals surface area contributed by atoms with Crippen molar-refractivity contribution in [3.8, 4) is 6.07 Å². The number of nitriles is 1. The molecule has 5 nitrogen and oxygen atoms in total. The van der Waals surface area contributed by atoms with E-state index in [4.69, 9.17) is 5.26 Å². The third kappa shape index (κ3) is 2.33. The van der Waals surface area contributed by atoms with E-state index in [1.54, 1.807) is 6.07 Å². The summed E-state index contributed by atoms with van der Waals surface area (Å²) in [4.78, 5) is 13.2. The van der Waals surface area contributed by atoms with E-state index in [0.29, 0.717) is 12.2 Å². The summed E-state index contributed by atoms with van der Waals surface area (Å²) in [6.45, 7) is 2.67. The van der Waals surface area contributed by atoms with Crippen molar-refractivity contribution in [2.75, 3.05) is 13.1 Å². The lowest BCUT2D eigenvalue weighted by Crippen LogP contribution is -2.32. The molecule has 1 amide bonds. The first-order valence-electron chi connectivity index (χ1n) is 4.45. The molecule has 0 aliphatic rings. The second kappa shape index (κ2) is 5.02. The van der Waals surface area contributed by atoms with E-state index in [0.717, 1.165) is 6.42 Å². The van der Waals surface area contributed by atoms with Crippen LogP contribution in [-0.4, -0.2) is 34.1 Å². The number of aromatic nitrogens is 2. The number of aromatic amines is 1. The van der Waals surface area contributed by atoms with Crippen LogP contribution in [0.25, 0.3) is 0 Å². The highest BCUT2D eigenvalue weighted by atomic mass is 16.2. The molecule has 1 aromatic heterocycles. The molecule has 5 heteroatoms. The van der Waals surface area contributed by atoms with Crippen LogP contribution in [0.4, 0.5) is 0 Å². The molecule has 0 saturated carbocycles. The number of amides is 1. The number of nitrogens with one attached hydrogen (secondary N) is 1. The van der Waals surface area contributed by atoms with Gasteiger partial charge in [0.05, 0.1) is 6.07 Å². The van der Waals surface area contributed by atoms with Gasteiger partial charge in [0.25, 0.3) is 5.91 Å². The SMILES string of the molecule is CCCN(CC#N)C(=O)c1ccn[nH]1. The van der Waals surface area contributed by atoms with Crippen LogP contribution in [0.3, 0.4) is 0 Å². The Kier molecular flexibility index (Phi) is 3.68. The molecule has 1 rings (SSSR count). The van der Waals surface area contributed by atoms with Crippen molar-refractivity contribution in [1.82, 2.24) is 15.1 Å². The van der Waals surface area contributed by atoms with Crippen molar-refractivity contribution in [1.29, 1.82) is 5.26 Å². The van der Waals surface area contributed by atoms with Crippen molar-refractivity contribution in [2.24, 2.45) is 0 Å². The normalized spacial score (nSPS) is 9.43. The van der Waals surface area contributed by atoms with Crippen molar-refractivity contribution < 1.29 is 4.79 Å². The zero-order valence-electron chi connectivity index (χ0n) is 8.03. The summed E-state index contributed by atoms with van der Waals surface area (Å²) < 4.78 is 0. The van der Waals surface area contributed by atoms with Gasteiger partial charge in [-0.1, -0.05) is 6.92 Å². The summed E-state index contributed by atoms with van der Waals surface area (Å²) >= 11 is 0. The molecule has 0 fully saturated rings. The van der Waals surface area contributed by atoms with Crippen LogP contribution in [0, 0.1) is 11.3 Å². The first kappa shape index (κ1) is 10.3. The van der Waals surface area contributed by atoms with Crippen molar-refractivity contribution in [3.63, 3.8) is 0 Å². The summed E-state index contributed by atoms with van der Waals surface area (Å²) in [5.74, 6) is -0.175. The summed E-state index contributed by atoms with van der Waals surface area (Å²) in [6.07, 6.45) is 2.35. The number of H-pyrrole nitrogens is 1. The minimum atomic E-state index is -0.175. The largest absolute Gasteiger partial charge is 0.324 e. The smallest absolute Gasteiger partial charge is 0.272 e. The Balaban J connectivity index is 2.69. The lowest BCUT2D eigenvalue weighted by molar-refractivity contribution is 0.0770. The minimum Gasteiger partial charge on any atom is -0.324 e. The van der Waals surface area contributed by atoms with E-state index in [-0.39, 0.29) is 12.5 Å². The fourth-order valence-corrected chi connectivity index (χ4v) is 1.15. The van der Waals surface area contributed by atoms with Crippen molar-refractivity contribution in [2.45, 2.75) is 13.3 Å². The predicted octanol–water partition coefficient (Wildman–Crippen LogP) is 0.785. The number of carbonyl (C=O) groups is 1. The van der Waals surface area contributed by atoms with E-state index in [9.17, 15) is 4.79 Å². The highest BCUT2D eigenvalue weighted by Crippen LogP contribution is 2.01. The van der Waals surface area contributed by atoms with Crippen LogP contribution in [0.15, 0.2) is 12.3 Å². The highest BCUT2D eigenvalue weighted by molar-refractivity contribution is 5.92. The first-order chi connectivity index (χ1) is 6.79. The lowest BCUT2D eigenvalue weighted by Gasteiger charge is -2.17. The Morgan fingerprint density at radius 3 is 3.07 bits per heavy atom. The van der Waals surface area contributed by atoms with Gasteiger partial charge in [-0.05, 0) is 12.5 Å². The molecule has 1 N–H and O–H groups in total. The molecule has 74 valence electrons. The maximum absolute atomic E-state index is 11.7. The number of nitrogens with zero attached hydrogens (tertiary/aromatic N) is 3. The Labute approximate surface area is 82.3 Å². The molecule has 0 saturated heterocycles. The maximum atomic E-state index is 11.7. The molecule has 0 bridgehead atoms. The van der Waals surface area contributed by atoms with Crippen LogP contribution >= 0.6 is 0 Å². The lowest BCUT2D eigenvalue weighted by atomic mass is 10.3. The summed E-state index contributed by atoms with van der Waals surface area (Å²) in [5.41, 5.74) is 0.425. The minimum absolute atomic E-state index is 0.117. The standard InChI is InChI=1S/C9H12N4O/c1-2-6-13(7-4-10)9(14)8-3-5-11-12-8/h3,5H,2,6-7H2,1H3,(H,11,12).